The molecule has 0 radical (unpaired) electrons. The summed E-state index contributed by atoms with van der Waals surface area (Å²) in [5.41, 5.74) is 5.63. The van der Waals surface area contributed by atoms with E-state index in [1.165, 1.54) is 13.8 Å². The Hall–Kier alpha value is -1.78. The number of carbonyl (C=O) groups excluding carboxylic acids is 3. The van der Waals surface area contributed by atoms with Crippen molar-refractivity contribution in [3.8, 4) is 0 Å². The number of carboxylic acids is 1. The van der Waals surface area contributed by atoms with Crippen molar-refractivity contribution < 1.29 is 43.2 Å². The van der Waals surface area contributed by atoms with Crippen LogP contribution >= 0.6 is 14.7 Å². The first kappa shape index (κ1) is 29.2. The maximum Gasteiger partial charge on any atom is 0.326 e. The van der Waals surface area contributed by atoms with Crippen LogP contribution in [0.15, 0.2) is 0 Å². The first-order valence-electron chi connectivity index (χ1n) is 9.41. The molecule has 15 heteroatoms. The molecule has 0 aliphatic carbocycles. The van der Waals surface area contributed by atoms with Gasteiger partial charge in [0.1, 0.15) is 18.1 Å². The number of amides is 3. The molecular formula is C16H32N4O9P2. The van der Waals surface area contributed by atoms with Gasteiger partial charge in [-0.2, -0.15) is 0 Å². The van der Waals surface area contributed by atoms with Crippen LogP contribution in [0.4, 0.5) is 0 Å². The van der Waals surface area contributed by atoms with Crippen LogP contribution in [-0.4, -0.2) is 88.4 Å². The van der Waals surface area contributed by atoms with Gasteiger partial charge in [0, 0.05) is 25.7 Å². The normalized spacial score (nSPS) is 18.9. The largest absolute Gasteiger partial charge is 0.480 e. The molecule has 0 aromatic rings. The highest BCUT2D eigenvalue weighted by atomic mass is 31.2. The Bertz CT molecular complexity index is 764. The van der Waals surface area contributed by atoms with Gasteiger partial charge in [-0.05, 0) is 26.7 Å². The van der Waals surface area contributed by atoms with Crippen molar-refractivity contribution >= 4 is 38.4 Å². The molecule has 0 bridgehead atoms. The predicted molar refractivity (Wildman–Crippen MR) is 113 cm³/mol. The summed E-state index contributed by atoms with van der Waals surface area (Å²) in [6.45, 7) is 4.84. The fourth-order valence-electron chi connectivity index (χ4n) is 2.22. The van der Waals surface area contributed by atoms with Gasteiger partial charge < -0.3 is 36.6 Å². The zero-order valence-electron chi connectivity index (χ0n) is 17.9. The smallest absolute Gasteiger partial charge is 0.326 e. The molecule has 8 N–H and O–H groups in total. The van der Waals surface area contributed by atoms with Crippen LogP contribution in [0, 0.1) is 0 Å². The molecule has 180 valence electrons. The van der Waals surface area contributed by atoms with Gasteiger partial charge in [0.25, 0.3) is 0 Å². The number of carbonyl (C=O) groups is 4. The third kappa shape index (κ3) is 13.3. The van der Waals surface area contributed by atoms with Crippen molar-refractivity contribution in [2.24, 2.45) is 5.73 Å². The molecule has 0 aliphatic heterocycles. The lowest BCUT2D eigenvalue weighted by molar-refractivity contribution is -0.142. The van der Waals surface area contributed by atoms with Crippen LogP contribution in [0.2, 0.25) is 0 Å². The molecule has 0 saturated carbocycles. The first-order valence-corrected chi connectivity index (χ1v) is 14.0. The maximum absolute atomic E-state index is 12.2. The monoisotopic (exact) mass is 486 g/mol. The molecule has 0 fully saturated rings. The second kappa shape index (κ2) is 12.3. The molecule has 0 aromatic heterocycles. The molecular weight excluding hydrogens is 454 g/mol. The molecule has 13 nitrogen and oxygen atoms in total. The molecule has 0 saturated heterocycles. The third-order valence-electron chi connectivity index (χ3n) is 4.14. The molecule has 2 unspecified atom stereocenters. The Morgan fingerprint density at radius 3 is 1.61 bits per heavy atom. The van der Waals surface area contributed by atoms with Gasteiger partial charge in [0.2, 0.25) is 17.7 Å². The van der Waals surface area contributed by atoms with Gasteiger partial charge in [-0.3, -0.25) is 23.5 Å². The third-order valence-corrected chi connectivity index (χ3v) is 6.32. The molecule has 31 heavy (non-hydrogen) atoms. The summed E-state index contributed by atoms with van der Waals surface area (Å²) in [7, 11) is -6.79. The number of rotatable bonds is 13. The summed E-state index contributed by atoms with van der Waals surface area (Å²) >= 11 is 0. The van der Waals surface area contributed by atoms with Gasteiger partial charge in [0.05, 0.1) is 6.04 Å². The standard InChI is InChI=1S/C16H32N4O9P2/c1-9(19-15(23)11(17)5-7-30(3,26)27)13(21)18-10(2)14(22)20-12(16(24)25)6-8-31(4,28)29/h9-12H,5-8,17H2,1-4H3,(H,18,21)(H,19,23)(H,20,22)(H,24,25)(H,26,27)(H,28,29)/t9-,10-,11-,12-/m0/s1. The number of carboxylic acid groups (broad SMARTS) is 1. The summed E-state index contributed by atoms with van der Waals surface area (Å²) in [5.74, 6) is -3.69. The number of aliphatic carboxylic acids is 1. The van der Waals surface area contributed by atoms with Crippen LogP contribution in [0.1, 0.15) is 26.7 Å². The Kier molecular flexibility index (Phi) is 11.6. The first-order chi connectivity index (χ1) is 13.9. The van der Waals surface area contributed by atoms with E-state index in [4.69, 9.17) is 10.8 Å². The lowest BCUT2D eigenvalue weighted by atomic mass is 10.2. The zero-order chi connectivity index (χ0) is 24.6. The van der Waals surface area contributed by atoms with E-state index in [-0.39, 0.29) is 25.2 Å². The van der Waals surface area contributed by atoms with E-state index in [0.717, 1.165) is 13.3 Å². The van der Waals surface area contributed by atoms with E-state index < -0.39 is 62.6 Å². The van der Waals surface area contributed by atoms with Gasteiger partial charge in [-0.25, -0.2) is 4.79 Å². The highest BCUT2D eigenvalue weighted by Gasteiger charge is 2.27. The van der Waals surface area contributed by atoms with Crippen molar-refractivity contribution in [1.29, 1.82) is 0 Å². The molecule has 0 aliphatic rings. The average molecular weight is 486 g/mol. The number of nitrogens with two attached hydrogens (primary N) is 1. The van der Waals surface area contributed by atoms with Gasteiger partial charge in [0.15, 0.2) is 14.7 Å². The molecule has 0 heterocycles. The van der Waals surface area contributed by atoms with Crippen molar-refractivity contribution in [1.82, 2.24) is 16.0 Å². The van der Waals surface area contributed by atoms with Crippen molar-refractivity contribution in [3.63, 3.8) is 0 Å². The minimum atomic E-state index is -3.46. The van der Waals surface area contributed by atoms with Crippen LogP contribution in [0.5, 0.6) is 0 Å². The predicted octanol–water partition coefficient (Wildman–Crippen LogP) is -1.53. The summed E-state index contributed by atoms with van der Waals surface area (Å²) in [6, 6.07) is -4.77. The maximum atomic E-state index is 12.2. The Balaban J connectivity index is 4.71. The van der Waals surface area contributed by atoms with E-state index in [2.05, 4.69) is 16.0 Å². The van der Waals surface area contributed by atoms with Crippen LogP contribution < -0.4 is 21.7 Å². The van der Waals surface area contributed by atoms with Gasteiger partial charge in [-0.15, -0.1) is 0 Å². The summed E-state index contributed by atoms with van der Waals surface area (Å²) < 4.78 is 22.6. The average Bonchev–Trinajstić information content (AvgIpc) is 2.60. The summed E-state index contributed by atoms with van der Waals surface area (Å²) in [6.07, 6.45) is -0.792. The fourth-order valence-corrected chi connectivity index (χ4v) is 3.72. The number of nitrogens with one attached hydrogen (secondary N) is 3. The topological polar surface area (TPSA) is 225 Å². The minimum Gasteiger partial charge on any atom is -0.480 e. The van der Waals surface area contributed by atoms with Crippen LogP contribution in [-0.2, 0) is 28.3 Å². The van der Waals surface area contributed by atoms with E-state index in [0.29, 0.717) is 0 Å². The highest BCUT2D eigenvalue weighted by Crippen LogP contribution is 2.36. The van der Waals surface area contributed by atoms with E-state index in [1.807, 2.05) is 0 Å². The quantitative estimate of drug-likeness (QED) is 0.149. The minimum absolute atomic E-state index is 0.0572. The van der Waals surface area contributed by atoms with Crippen LogP contribution in [0.3, 0.4) is 0 Å². The lowest BCUT2D eigenvalue weighted by Crippen LogP contribution is -2.55. The Morgan fingerprint density at radius 2 is 1.19 bits per heavy atom. The summed E-state index contributed by atoms with van der Waals surface area (Å²) in [4.78, 5) is 66.1. The SMILES string of the molecule is C[C@H](NC(=O)[C@H](C)NC(=O)[C@@H](N)CCP(C)(=O)O)C(=O)N[C@@H](CCP(C)(=O)O)C(=O)O. The lowest BCUT2D eigenvalue weighted by Gasteiger charge is -2.22. The van der Waals surface area contributed by atoms with Gasteiger partial charge in [-0.1, -0.05) is 0 Å². The van der Waals surface area contributed by atoms with Crippen molar-refractivity contribution in [2.45, 2.75) is 50.9 Å². The fraction of sp³-hybridized carbons (Fsp3) is 0.750. The molecule has 0 spiro atoms. The second-order valence-corrected chi connectivity index (χ2v) is 12.7. The number of hydrogen-bond acceptors (Lipinski definition) is 7. The summed E-state index contributed by atoms with van der Waals surface area (Å²) in [5, 5.41) is 16.0. The molecule has 3 amide bonds. The molecule has 0 rings (SSSR count). The van der Waals surface area contributed by atoms with Crippen LogP contribution in [0.25, 0.3) is 0 Å². The Morgan fingerprint density at radius 1 is 0.806 bits per heavy atom. The Labute approximate surface area is 180 Å². The number of hydrogen-bond donors (Lipinski definition) is 7. The molecule has 6 atom stereocenters. The van der Waals surface area contributed by atoms with E-state index in [1.54, 1.807) is 0 Å². The van der Waals surface area contributed by atoms with Crippen molar-refractivity contribution in [3.05, 3.63) is 0 Å². The van der Waals surface area contributed by atoms with Crippen molar-refractivity contribution in [2.75, 3.05) is 25.7 Å². The van der Waals surface area contributed by atoms with E-state index in [9.17, 15) is 38.1 Å². The van der Waals surface area contributed by atoms with E-state index >= 15 is 0 Å². The molecule has 0 aromatic carbocycles. The van der Waals surface area contributed by atoms with Gasteiger partial charge >= 0.3 is 5.97 Å². The zero-order valence-corrected chi connectivity index (χ0v) is 19.7. The second-order valence-electron chi connectivity index (χ2n) is 7.59. The highest BCUT2D eigenvalue weighted by molar-refractivity contribution is 7.57.